The second-order valence-corrected chi connectivity index (χ2v) is 6.61. The Kier molecular flexibility index (Phi) is 10.1. The summed E-state index contributed by atoms with van der Waals surface area (Å²) in [6.07, 6.45) is -4.33. The lowest BCUT2D eigenvalue weighted by Crippen LogP contribution is -2.44. The Balaban J connectivity index is 0.00000450. The summed E-state index contributed by atoms with van der Waals surface area (Å²) in [6, 6.07) is 13.5. The van der Waals surface area contributed by atoms with Gasteiger partial charge in [0.15, 0.2) is 0 Å². The van der Waals surface area contributed by atoms with Crippen LogP contribution in [0.5, 0.6) is 5.75 Å². The summed E-state index contributed by atoms with van der Waals surface area (Å²) in [5, 5.41) is 21.7. The van der Waals surface area contributed by atoms with Crippen LogP contribution in [-0.4, -0.2) is 42.0 Å². The van der Waals surface area contributed by atoms with Crippen molar-refractivity contribution >= 4 is 25.4 Å². The van der Waals surface area contributed by atoms with Crippen LogP contribution in [0.25, 0.3) is 0 Å². The number of carbonyl (C=O) groups excluding carboxylic acids is 1. The van der Waals surface area contributed by atoms with Crippen molar-refractivity contribution in [1.82, 2.24) is 5.32 Å². The Hall–Kier alpha value is -2.27. The molecule has 0 aliphatic carbocycles. The molecule has 30 heavy (non-hydrogen) atoms. The second kappa shape index (κ2) is 11.8. The molecule has 0 saturated carbocycles. The number of rotatable bonds is 9. The fourth-order valence-corrected chi connectivity index (χ4v) is 2.74. The highest BCUT2D eigenvalue weighted by Gasteiger charge is 2.31. The lowest BCUT2D eigenvalue weighted by molar-refractivity contribution is -0.274. The van der Waals surface area contributed by atoms with Crippen LogP contribution in [0.2, 0.25) is 5.82 Å². The molecule has 0 aliphatic heterocycles. The maximum atomic E-state index is 12.2. The number of benzene rings is 2. The van der Waals surface area contributed by atoms with Gasteiger partial charge in [-0.25, -0.2) is 0 Å². The van der Waals surface area contributed by atoms with Gasteiger partial charge in [-0.15, -0.1) is 25.6 Å². The maximum absolute atomic E-state index is 12.2. The number of nitrogens with two attached hydrogens (primary N) is 1. The molecule has 0 aliphatic rings. The number of hydrogen-bond donors (Lipinski definition) is 4. The van der Waals surface area contributed by atoms with Crippen molar-refractivity contribution in [3.63, 3.8) is 0 Å². The summed E-state index contributed by atoms with van der Waals surface area (Å²) < 4.78 is 40.4. The Bertz CT molecular complexity index is 780. The summed E-state index contributed by atoms with van der Waals surface area (Å²) >= 11 is 0. The van der Waals surface area contributed by atoms with Gasteiger partial charge < -0.3 is 25.8 Å². The van der Waals surface area contributed by atoms with Gasteiger partial charge in [0.2, 0.25) is 5.91 Å². The Morgan fingerprint density at radius 1 is 1.03 bits per heavy atom. The van der Waals surface area contributed by atoms with Crippen molar-refractivity contribution in [3.05, 3.63) is 65.7 Å². The molecule has 2 rings (SSSR count). The van der Waals surface area contributed by atoms with Crippen LogP contribution < -0.4 is 15.8 Å². The number of hydrogen-bond acceptors (Lipinski definition) is 5. The van der Waals surface area contributed by atoms with Gasteiger partial charge in [0.1, 0.15) is 5.75 Å². The van der Waals surface area contributed by atoms with E-state index in [4.69, 9.17) is 5.73 Å². The molecule has 0 aromatic heterocycles. The zero-order chi connectivity index (χ0) is 21.4. The maximum Gasteiger partial charge on any atom is 0.573 e. The lowest BCUT2D eigenvalue weighted by atomic mass is 9.69. The van der Waals surface area contributed by atoms with Crippen molar-refractivity contribution in [2.24, 2.45) is 5.73 Å². The van der Waals surface area contributed by atoms with Crippen molar-refractivity contribution in [2.75, 3.05) is 6.54 Å². The van der Waals surface area contributed by atoms with Gasteiger partial charge in [0.05, 0.1) is 6.04 Å². The van der Waals surface area contributed by atoms with E-state index >= 15 is 0 Å². The van der Waals surface area contributed by atoms with E-state index in [-0.39, 0.29) is 31.1 Å². The topological polar surface area (TPSA) is 105 Å². The molecule has 0 saturated heterocycles. The lowest BCUT2D eigenvalue weighted by Gasteiger charge is -2.19. The van der Waals surface area contributed by atoms with E-state index in [1.54, 1.807) is 0 Å². The smallest absolute Gasteiger partial charge is 0.427 e. The molecule has 2 aromatic carbocycles. The van der Waals surface area contributed by atoms with Gasteiger partial charge >= 0.3 is 13.5 Å². The Labute approximate surface area is 178 Å². The van der Waals surface area contributed by atoms with Crippen LogP contribution in [0, 0.1) is 0 Å². The predicted molar refractivity (Wildman–Crippen MR) is 109 cm³/mol. The normalized spacial score (nSPS) is 13.0. The molecule has 6 nitrogen and oxygen atoms in total. The standard InChI is InChI=1S/C19H22BF3N2O4.ClH/c21-19(22,23)29-16-8-6-14(7-9-16)10-15(20(27)28)12-25-18(26)17(24)11-13-4-2-1-3-5-13;/h1-9,15,17,27-28H,10-12,24H2,(H,25,26);1H/t15-,17+;/m1./s1. The van der Waals surface area contributed by atoms with E-state index in [9.17, 15) is 28.0 Å². The molecular weight excluding hydrogens is 423 g/mol. The summed E-state index contributed by atoms with van der Waals surface area (Å²) in [5.74, 6) is -1.58. The third-order valence-corrected chi connectivity index (χ3v) is 4.25. The SMILES string of the molecule is Cl.N[C@@H](Cc1ccccc1)C(=O)NC[C@@H](Cc1ccc(OC(F)(F)F)cc1)B(O)O. The molecule has 2 aromatic rings. The van der Waals surface area contributed by atoms with Crippen molar-refractivity contribution < 1.29 is 32.8 Å². The number of ether oxygens (including phenoxy) is 1. The van der Waals surface area contributed by atoms with Crippen molar-refractivity contribution in [2.45, 2.75) is 31.1 Å². The molecule has 0 radical (unpaired) electrons. The minimum absolute atomic E-state index is 0. The van der Waals surface area contributed by atoms with Crippen LogP contribution in [0.15, 0.2) is 54.6 Å². The van der Waals surface area contributed by atoms with Gasteiger partial charge in [0, 0.05) is 12.4 Å². The molecule has 0 fully saturated rings. The first kappa shape index (κ1) is 25.8. The largest absolute Gasteiger partial charge is 0.573 e. The molecule has 11 heteroatoms. The number of amides is 1. The number of carbonyl (C=O) groups is 1. The predicted octanol–water partition coefficient (Wildman–Crippen LogP) is 2.08. The number of alkyl halides is 3. The van der Waals surface area contributed by atoms with Crippen LogP contribution in [-0.2, 0) is 17.6 Å². The average Bonchev–Trinajstić information content (AvgIpc) is 2.65. The Morgan fingerprint density at radius 2 is 1.60 bits per heavy atom. The highest BCUT2D eigenvalue weighted by atomic mass is 35.5. The monoisotopic (exact) mass is 446 g/mol. The molecule has 0 unspecified atom stereocenters. The first-order valence-corrected chi connectivity index (χ1v) is 8.92. The average molecular weight is 447 g/mol. The van der Waals surface area contributed by atoms with Crippen LogP contribution in [0.4, 0.5) is 13.2 Å². The number of halogens is 4. The second-order valence-electron chi connectivity index (χ2n) is 6.61. The first-order valence-electron chi connectivity index (χ1n) is 8.92. The summed E-state index contributed by atoms with van der Waals surface area (Å²) in [5.41, 5.74) is 7.34. The Morgan fingerprint density at radius 3 is 2.13 bits per heavy atom. The van der Waals surface area contributed by atoms with Crippen LogP contribution in [0.1, 0.15) is 11.1 Å². The molecule has 2 atom stereocenters. The van der Waals surface area contributed by atoms with Crippen LogP contribution >= 0.6 is 12.4 Å². The molecule has 0 bridgehead atoms. The minimum Gasteiger partial charge on any atom is -0.427 e. The van der Waals surface area contributed by atoms with Crippen molar-refractivity contribution in [1.29, 1.82) is 0 Å². The molecular formula is C19H23BClF3N2O4. The van der Waals surface area contributed by atoms with E-state index in [1.165, 1.54) is 12.1 Å². The first-order chi connectivity index (χ1) is 13.6. The molecule has 1 amide bonds. The van der Waals surface area contributed by atoms with E-state index in [2.05, 4.69) is 10.1 Å². The zero-order valence-corrected chi connectivity index (χ0v) is 16.7. The molecule has 0 spiro atoms. The van der Waals surface area contributed by atoms with Gasteiger partial charge in [-0.05, 0) is 36.1 Å². The third-order valence-electron chi connectivity index (χ3n) is 4.25. The zero-order valence-electron chi connectivity index (χ0n) is 15.9. The third kappa shape index (κ3) is 9.04. The molecule has 5 N–H and O–H groups in total. The fraction of sp³-hybridized carbons (Fsp3) is 0.316. The quantitative estimate of drug-likeness (QED) is 0.442. The summed E-state index contributed by atoms with van der Waals surface area (Å²) in [4.78, 5) is 12.2. The van der Waals surface area contributed by atoms with E-state index in [0.717, 1.165) is 17.7 Å². The van der Waals surface area contributed by atoms with Gasteiger partial charge in [0.25, 0.3) is 0 Å². The van der Waals surface area contributed by atoms with E-state index < -0.39 is 31.2 Å². The highest BCUT2D eigenvalue weighted by molar-refractivity contribution is 6.43. The van der Waals surface area contributed by atoms with Crippen molar-refractivity contribution in [3.8, 4) is 5.75 Å². The molecule has 0 heterocycles. The summed E-state index contributed by atoms with van der Waals surface area (Å²) in [7, 11) is -1.73. The summed E-state index contributed by atoms with van der Waals surface area (Å²) in [6.45, 7) is -0.0558. The molecule has 164 valence electrons. The van der Waals surface area contributed by atoms with Gasteiger partial charge in [-0.3, -0.25) is 4.79 Å². The van der Waals surface area contributed by atoms with Crippen LogP contribution in [0.3, 0.4) is 0 Å². The van der Waals surface area contributed by atoms with E-state index in [0.29, 0.717) is 12.0 Å². The van der Waals surface area contributed by atoms with E-state index in [1.807, 2.05) is 30.3 Å². The highest BCUT2D eigenvalue weighted by Crippen LogP contribution is 2.24. The number of nitrogens with one attached hydrogen (secondary N) is 1. The van der Waals surface area contributed by atoms with Gasteiger partial charge in [-0.1, -0.05) is 42.5 Å². The fourth-order valence-electron chi connectivity index (χ4n) is 2.74. The minimum atomic E-state index is -4.78. The van der Waals surface area contributed by atoms with Gasteiger partial charge in [-0.2, -0.15) is 0 Å².